The normalized spacial score (nSPS) is 12.0. The summed E-state index contributed by atoms with van der Waals surface area (Å²) in [5, 5.41) is 0. The zero-order chi connectivity index (χ0) is 15.0. The number of carbonyl (C=O) groups is 1. The molecule has 0 saturated heterocycles. The highest BCUT2D eigenvalue weighted by Crippen LogP contribution is 2.22. The van der Waals surface area contributed by atoms with Crippen molar-refractivity contribution in [1.29, 1.82) is 0 Å². The number of allylic oxidation sites excluding steroid dienone is 2. The third-order valence-electron chi connectivity index (χ3n) is 3.71. The Labute approximate surface area is 124 Å². The summed E-state index contributed by atoms with van der Waals surface area (Å²) in [6, 6.07) is 8.74. The van der Waals surface area contributed by atoms with Crippen LogP contribution in [-0.2, 0) is 4.79 Å². The van der Waals surface area contributed by atoms with E-state index in [9.17, 15) is 4.79 Å². The van der Waals surface area contributed by atoms with Crippen LogP contribution in [0.25, 0.3) is 0 Å². The van der Waals surface area contributed by atoms with Gasteiger partial charge in [0.1, 0.15) is 5.78 Å². The molecule has 1 aromatic rings. The molecule has 1 aromatic carbocycles. The van der Waals surface area contributed by atoms with Gasteiger partial charge < -0.3 is 0 Å². The largest absolute Gasteiger partial charge is 0.300 e. The van der Waals surface area contributed by atoms with Gasteiger partial charge in [-0.15, -0.1) is 0 Å². The van der Waals surface area contributed by atoms with Gasteiger partial charge in [0.2, 0.25) is 0 Å². The highest BCUT2D eigenvalue weighted by molar-refractivity contribution is 5.78. The molecule has 0 radical (unpaired) electrons. The first kappa shape index (κ1) is 16.7. The number of carbonyl (C=O) groups excluding carboxylic acids is 1. The molecule has 20 heavy (non-hydrogen) atoms. The molecule has 1 atom stereocenters. The molecular formula is C19H28O. The van der Waals surface area contributed by atoms with Crippen molar-refractivity contribution in [3.63, 3.8) is 0 Å². The maximum Gasteiger partial charge on any atom is 0.133 e. The first-order chi connectivity index (χ1) is 9.49. The van der Waals surface area contributed by atoms with E-state index in [1.165, 1.54) is 16.7 Å². The lowest BCUT2D eigenvalue weighted by Gasteiger charge is -2.11. The van der Waals surface area contributed by atoms with E-state index in [1.807, 2.05) is 0 Å². The monoisotopic (exact) mass is 272 g/mol. The van der Waals surface area contributed by atoms with Crippen LogP contribution in [0.4, 0.5) is 0 Å². The van der Waals surface area contributed by atoms with E-state index >= 15 is 0 Å². The van der Waals surface area contributed by atoms with Crippen LogP contribution < -0.4 is 0 Å². The molecule has 0 aliphatic carbocycles. The summed E-state index contributed by atoms with van der Waals surface area (Å²) < 4.78 is 0. The van der Waals surface area contributed by atoms with Crippen molar-refractivity contribution in [2.75, 3.05) is 0 Å². The molecule has 0 aromatic heterocycles. The topological polar surface area (TPSA) is 17.1 Å². The minimum atomic E-state index is 0.401. The fraction of sp³-hybridized carbons (Fsp3) is 0.526. The molecule has 0 heterocycles. The zero-order valence-electron chi connectivity index (χ0n) is 13.4. The Bertz CT molecular complexity index is 435. The van der Waals surface area contributed by atoms with Crippen LogP contribution in [0.3, 0.4) is 0 Å². The minimum absolute atomic E-state index is 0.401. The Hall–Kier alpha value is -1.37. The molecule has 0 aliphatic rings. The van der Waals surface area contributed by atoms with Crippen molar-refractivity contribution in [2.45, 2.75) is 65.7 Å². The molecule has 1 rings (SSSR count). The molecule has 0 N–H and O–H groups in total. The van der Waals surface area contributed by atoms with Crippen LogP contribution in [0.2, 0.25) is 0 Å². The Kier molecular flexibility index (Phi) is 7.28. The summed E-state index contributed by atoms with van der Waals surface area (Å²) in [5.41, 5.74) is 3.98. The fourth-order valence-electron chi connectivity index (χ4n) is 2.31. The van der Waals surface area contributed by atoms with Crippen molar-refractivity contribution in [2.24, 2.45) is 0 Å². The molecule has 0 bridgehead atoms. The van der Waals surface area contributed by atoms with E-state index < -0.39 is 0 Å². The standard InChI is InChI=1S/C19H28O/c1-15(2)7-5-9-19(20)10-6-8-17(4)18-13-11-16(3)12-14-18/h7,11-14,17H,5-6,8-10H2,1-4H3. The number of ketones is 1. The first-order valence-corrected chi connectivity index (χ1v) is 7.70. The van der Waals surface area contributed by atoms with Crippen LogP contribution in [0.5, 0.6) is 0 Å². The van der Waals surface area contributed by atoms with Crippen molar-refractivity contribution in [3.8, 4) is 0 Å². The van der Waals surface area contributed by atoms with Gasteiger partial charge in [-0.1, -0.05) is 48.4 Å². The van der Waals surface area contributed by atoms with E-state index in [-0.39, 0.29) is 0 Å². The van der Waals surface area contributed by atoms with Gasteiger partial charge in [-0.25, -0.2) is 0 Å². The second kappa shape index (κ2) is 8.73. The van der Waals surface area contributed by atoms with Gasteiger partial charge in [0.15, 0.2) is 0 Å². The third kappa shape index (κ3) is 6.70. The fourth-order valence-corrected chi connectivity index (χ4v) is 2.31. The number of aryl methyl sites for hydroxylation is 1. The van der Waals surface area contributed by atoms with E-state index in [0.29, 0.717) is 18.1 Å². The highest BCUT2D eigenvalue weighted by Gasteiger charge is 2.07. The minimum Gasteiger partial charge on any atom is -0.300 e. The van der Waals surface area contributed by atoms with E-state index in [0.717, 1.165) is 25.7 Å². The molecule has 0 saturated carbocycles. The Balaban J connectivity index is 2.24. The molecule has 0 aliphatic heterocycles. The van der Waals surface area contributed by atoms with Crippen molar-refractivity contribution in [3.05, 3.63) is 47.0 Å². The highest BCUT2D eigenvalue weighted by atomic mass is 16.1. The van der Waals surface area contributed by atoms with Crippen LogP contribution in [0.1, 0.15) is 69.9 Å². The third-order valence-corrected chi connectivity index (χ3v) is 3.71. The maximum atomic E-state index is 11.8. The summed E-state index contributed by atoms with van der Waals surface area (Å²) >= 11 is 0. The lowest BCUT2D eigenvalue weighted by molar-refractivity contribution is -0.119. The lowest BCUT2D eigenvalue weighted by atomic mass is 9.94. The lowest BCUT2D eigenvalue weighted by Crippen LogP contribution is -2.00. The molecule has 0 spiro atoms. The van der Waals surface area contributed by atoms with E-state index in [1.54, 1.807) is 0 Å². The Morgan fingerprint density at radius 1 is 1.15 bits per heavy atom. The van der Waals surface area contributed by atoms with Crippen molar-refractivity contribution >= 4 is 5.78 Å². The molecule has 0 amide bonds. The Morgan fingerprint density at radius 2 is 1.80 bits per heavy atom. The summed E-state index contributed by atoms with van der Waals surface area (Å²) in [5.74, 6) is 0.944. The Morgan fingerprint density at radius 3 is 2.40 bits per heavy atom. The van der Waals surface area contributed by atoms with Gasteiger partial charge in [-0.2, -0.15) is 0 Å². The summed E-state index contributed by atoms with van der Waals surface area (Å²) in [6.45, 7) is 8.51. The molecule has 1 heteroatoms. The van der Waals surface area contributed by atoms with Gasteiger partial charge in [-0.05, 0) is 51.5 Å². The molecule has 0 fully saturated rings. The molecular weight excluding hydrogens is 244 g/mol. The van der Waals surface area contributed by atoms with Crippen LogP contribution in [0.15, 0.2) is 35.9 Å². The number of rotatable bonds is 8. The van der Waals surface area contributed by atoms with Crippen molar-refractivity contribution in [1.82, 2.24) is 0 Å². The molecule has 1 unspecified atom stereocenters. The SMILES string of the molecule is CC(C)=CCCC(=O)CCCC(C)c1ccc(C)cc1. The second-order valence-electron chi connectivity index (χ2n) is 6.06. The summed E-state index contributed by atoms with van der Waals surface area (Å²) in [6.07, 6.45) is 6.57. The quantitative estimate of drug-likeness (QED) is 0.564. The average Bonchev–Trinajstić information content (AvgIpc) is 2.39. The van der Waals surface area contributed by atoms with Gasteiger partial charge in [-0.3, -0.25) is 4.79 Å². The predicted molar refractivity (Wildman–Crippen MR) is 87.1 cm³/mol. The van der Waals surface area contributed by atoms with Gasteiger partial charge in [0.25, 0.3) is 0 Å². The van der Waals surface area contributed by atoms with E-state index in [4.69, 9.17) is 0 Å². The van der Waals surface area contributed by atoms with E-state index in [2.05, 4.69) is 58.0 Å². The molecule has 1 nitrogen and oxygen atoms in total. The summed E-state index contributed by atoms with van der Waals surface area (Å²) in [4.78, 5) is 11.8. The number of hydrogen-bond donors (Lipinski definition) is 0. The van der Waals surface area contributed by atoms with Crippen LogP contribution >= 0.6 is 0 Å². The van der Waals surface area contributed by atoms with Crippen LogP contribution in [0, 0.1) is 6.92 Å². The zero-order valence-corrected chi connectivity index (χ0v) is 13.4. The first-order valence-electron chi connectivity index (χ1n) is 7.70. The predicted octanol–water partition coefficient (Wildman–Crippen LogP) is 5.58. The van der Waals surface area contributed by atoms with Crippen LogP contribution in [-0.4, -0.2) is 5.78 Å². The molecule has 110 valence electrons. The number of hydrogen-bond acceptors (Lipinski definition) is 1. The smallest absolute Gasteiger partial charge is 0.133 e. The number of Topliss-reactive ketones (excluding diaryl/α,β-unsaturated/α-hetero) is 1. The van der Waals surface area contributed by atoms with Gasteiger partial charge in [0.05, 0.1) is 0 Å². The van der Waals surface area contributed by atoms with Gasteiger partial charge in [0, 0.05) is 12.8 Å². The number of benzene rings is 1. The van der Waals surface area contributed by atoms with Crippen molar-refractivity contribution < 1.29 is 4.79 Å². The summed E-state index contributed by atoms with van der Waals surface area (Å²) in [7, 11) is 0. The second-order valence-corrected chi connectivity index (χ2v) is 6.06. The average molecular weight is 272 g/mol. The van der Waals surface area contributed by atoms with Gasteiger partial charge >= 0.3 is 0 Å². The maximum absolute atomic E-state index is 11.8.